The van der Waals surface area contributed by atoms with E-state index in [1.54, 1.807) is 6.07 Å². The molecule has 0 saturated heterocycles. The number of carbonyl (C=O) groups is 2. The lowest BCUT2D eigenvalue weighted by Gasteiger charge is -2.17. The Bertz CT molecular complexity index is 1120. The number of carbonyl (C=O) groups excluding carboxylic acids is 2. The summed E-state index contributed by atoms with van der Waals surface area (Å²) in [6, 6.07) is 14.9. The SMILES string of the molecule is C=C1c2ccccc2C(=O)N1CC(=O)Nc1cccc(-c2cn3c(n2)CCCC3)c1. The van der Waals surface area contributed by atoms with Crippen molar-refractivity contribution in [3.8, 4) is 11.3 Å². The molecule has 150 valence electrons. The fourth-order valence-electron chi connectivity index (χ4n) is 4.15. The molecule has 0 bridgehead atoms. The van der Waals surface area contributed by atoms with Crippen LogP contribution in [0.4, 0.5) is 5.69 Å². The first kappa shape index (κ1) is 18.4. The minimum Gasteiger partial charge on any atom is -0.334 e. The summed E-state index contributed by atoms with van der Waals surface area (Å²) in [4.78, 5) is 31.4. The zero-order valence-corrected chi connectivity index (χ0v) is 16.6. The molecule has 3 heterocycles. The molecule has 6 nitrogen and oxygen atoms in total. The maximum absolute atomic E-state index is 12.7. The molecular weight excluding hydrogens is 376 g/mol. The number of aryl methyl sites for hydroxylation is 2. The number of fused-ring (bicyclic) bond motifs is 2. The average molecular weight is 398 g/mol. The number of benzene rings is 2. The van der Waals surface area contributed by atoms with Gasteiger partial charge in [-0.3, -0.25) is 14.5 Å². The smallest absolute Gasteiger partial charge is 0.259 e. The van der Waals surface area contributed by atoms with Crippen LogP contribution in [0.5, 0.6) is 0 Å². The number of aromatic nitrogens is 2. The quantitative estimate of drug-likeness (QED) is 0.724. The van der Waals surface area contributed by atoms with Crippen LogP contribution in [0, 0.1) is 0 Å². The van der Waals surface area contributed by atoms with Gasteiger partial charge in [0.1, 0.15) is 12.4 Å². The van der Waals surface area contributed by atoms with Crippen molar-refractivity contribution in [2.75, 3.05) is 11.9 Å². The molecule has 0 fully saturated rings. The first-order valence-corrected chi connectivity index (χ1v) is 10.2. The summed E-state index contributed by atoms with van der Waals surface area (Å²) in [7, 11) is 0. The van der Waals surface area contributed by atoms with Gasteiger partial charge in [0.25, 0.3) is 5.91 Å². The van der Waals surface area contributed by atoms with Crippen LogP contribution in [0.1, 0.15) is 34.6 Å². The molecule has 2 amide bonds. The summed E-state index contributed by atoms with van der Waals surface area (Å²) in [6.07, 6.45) is 5.45. The maximum atomic E-state index is 12.7. The molecule has 5 rings (SSSR count). The first-order valence-electron chi connectivity index (χ1n) is 10.2. The Morgan fingerprint density at radius 3 is 2.73 bits per heavy atom. The normalized spacial score (nSPS) is 15.1. The molecular formula is C24H22N4O2. The third-order valence-corrected chi connectivity index (χ3v) is 5.69. The third kappa shape index (κ3) is 3.20. The first-order chi connectivity index (χ1) is 14.6. The van der Waals surface area contributed by atoms with Gasteiger partial charge in [-0.05, 0) is 31.0 Å². The zero-order valence-electron chi connectivity index (χ0n) is 16.6. The van der Waals surface area contributed by atoms with Gasteiger partial charge in [0.2, 0.25) is 5.91 Å². The van der Waals surface area contributed by atoms with Crippen LogP contribution in [0.15, 0.2) is 61.3 Å². The lowest BCUT2D eigenvalue weighted by molar-refractivity contribution is -0.116. The summed E-state index contributed by atoms with van der Waals surface area (Å²) in [5.74, 6) is 0.665. The van der Waals surface area contributed by atoms with Crippen LogP contribution in [0.25, 0.3) is 17.0 Å². The molecule has 2 aromatic carbocycles. The highest BCUT2D eigenvalue weighted by atomic mass is 16.2. The second-order valence-electron chi connectivity index (χ2n) is 7.71. The van der Waals surface area contributed by atoms with Crippen molar-refractivity contribution in [3.05, 3.63) is 78.3 Å². The maximum Gasteiger partial charge on any atom is 0.259 e. The van der Waals surface area contributed by atoms with E-state index in [-0.39, 0.29) is 18.4 Å². The predicted molar refractivity (Wildman–Crippen MR) is 116 cm³/mol. The minimum atomic E-state index is -0.265. The van der Waals surface area contributed by atoms with Crippen LogP contribution in [-0.2, 0) is 17.8 Å². The molecule has 0 spiro atoms. The molecule has 2 aliphatic rings. The summed E-state index contributed by atoms with van der Waals surface area (Å²) in [5.41, 5.74) is 4.48. The Morgan fingerprint density at radius 2 is 1.93 bits per heavy atom. The third-order valence-electron chi connectivity index (χ3n) is 5.69. The molecule has 0 saturated carbocycles. The van der Waals surface area contributed by atoms with E-state index in [0.717, 1.165) is 35.6 Å². The van der Waals surface area contributed by atoms with Crippen molar-refractivity contribution < 1.29 is 9.59 Å². The Kier molecular flexibility index (Phi) is 4.47. The second kappa shape index (κ2) is 7.30. The highest BCUT2D eigenvalue weighted by Crippen LogP contribution is 2.31. The molecule has 0 atom stereocenters. The van der Waals surface area contributed by atoms with E-state index < -0.39 is 0 Å². The lowest BCUT2D eigenvalue weighted by atomic mass is 10.1. The fraction of sp³-hybridized carbons (Fsp3) is 0.208. The number of nitrogens with one attached hydrogen (secondary N) is 1. The summed E-state index contributed by atoms with van der Waals surface area (Å²) >= 11 is 0. The molecule has 1 N–H and O–H groups in total. The van der Waals surface area contributed by atoms with Crippen LogP contribution in [0.3, 0.4) is 0 Å². The van der Waals surface area contributed by atoms with Gasteiger partial charge in [-0.1, -0.05) is 36.9 Å². The second-order valence-corrected chi connectivity index (χ2v) is 7.71. The Labute approximate surface area is 174 Å². The number of imidazole rings is 1. The van der Waals surface area contributed by atoms with Crippen molar-refractivity contribution in [1.82, 2.24) is 14.5 Å². The van der Waals surface area contributed by atoms with Gasteiger partial charge >= 0.3 is 0 Å². The highest BCUT2D eigenvalue weighted by Gasteiger charge is 2.31. The van der Waals surface area contributed by atoms with Gasteiger partial charge in [0.15, 0.2) is 0 Å². The van der Waals surface area contributed by atoms with Crippen molar-refractivity contribution in [2.24, 2.45) is 0 Å². The van der Waals surface area contributed by atoms with E-state index in [2.05, 4.69) is 22.7 Å². The number of hydrogen-bond donors (Lipinski definition) is 1. The standard InChI is InChI=1S/C24H22N4O2/c1-16-19-9-2-3-10-20(19)24(30)28(16)15-23(29)25-18-8-6-7-17(13-18)21-14-27-12-5-4-11-22(27)26-21/h2-3,6-10,13-14H,1,4-5,11-12,15H2,(H,25,29). The molecule has 3 aromatic rings. The molecule has 2 aliphatic heterocycles. The van der Waals surface area contributed by atoms with Gasteiger partial charge in [0, 0.05) is 47.2 Å². The van der Waals surface area contributed by atoms with Crippen LogP contribution < -0.4 is 5.32 Å². The van der Waals surface area contributed by atoms with Gasteiger partial charge < -0.3 is 9.88 Å². The van der Waals surface area contributed by atoms with E-state index in [4.69, 9.17) is 4.98 Å². The number of hydrogen-bond acceptors (Lipinski definition) is 3. The fourth-order valence-corrected chi connectivity index (χ4v) is 4.15. The summed E-state index contributed by atoms with van der Waals surface area (Å²) in [6.45, 7) is 4.92. The molecule has 0 aliphatic carbocycles. The number of nitrogens with zero attached hydrogens (tertiary/aromatic N) is 3. The van der Waals surface area contributed by atoms with Gasteiger partial charge in [-0.2, -0.15) is 0 Å². The Hall–Kier alpha value is -3.67. The van der Waals surface area contributed by atoms with Crippen molar-refractivity contribution >= 4 is 23.2 Å². The largest absolute Gasteiger partial charge is 0.334 e. The van der Waals surface area contributed by atoms with E-state index in [9.17, 15) is 9.59 Å². The number of anilines is 1. The zero-order chi connectivity index (χ0) is 20.7. The van der Waals surface area contributed by atoms with E-state index in [1.165, 1.54) is 17.7 Å². The van der Waals surface area contributed by atoms with E-state index >= 15 is 0 Å². The van der Waals surface area contributed by atoms with E-state index in [0.29, 0.717) is 16.9 Å². The van der Waals surface area contributed by atoms with Crippen LogP contribution in [0.2, 0.25) is 0 Å². The van der Waals surface area contributed by atoms with Crippen molar-refractivity contribution in [2.45, 2.75) is 25.8 Å². The minimum absolute atomic E-state index is 0.0741. The van der Waals surface area contributed by atoms with Crippen LogP contribution in [-0.4, -0.2) is 32.8 Å². The number of amides is 2. The summed E-state index contributed by atoms with van der Waals surface area (Å²) in [5, 5.41) is 2.90. The van der Waals surface area contributed by atoms with Gasteiger partial charge in [-0.15, -0.1) is 0 Å². The lowest BCUT2D eigenvalue weighted by Crippen LogP contribution is -2.32. The monoisotopic (exact) mass is 398 g/mol. The van der Waals surface area contributed by atoms with Gasteiger partial charge in [0.05, 0.1) is 5.69 Å². The summed E-state index contributed by atoms with van der Waals surface area (Å²) < 4.78 is 2.21. The molecule has 1 aromatic heterocycles. The predicted octanol–water partition coefficient (Wildman–Crippen LogP) is 3.95. The van der Waals surface area contributed by atoms with E-state index in [1.807, 2.05) is 42.5 Å². The van der Waals surface area contributed by atoms with Crippen molar-refractivity contribution in [1.29, 1.82) is 0 Å². The topological polar surface area (TPSA) is 67.2 Å². The Morgan fingerprint density at radius 1 is 1.10 bits per heavy atom. The highest BCUT2D eigenvalue weighted by molar-refractivity contribution is 6.11. The molecule has 0 radical (unpaired) electrons. The molecule has 30 heavy (non-hydrogen) atoms. The molecule has 6 heteroatoms. The molecule has 0 unspecified atom stereocenters. The number of rotatable bonds is 4. The van der Waals surface area contributed by atoms with Crippen LogP contribution >= 0.6 is 0 Å². The average Bonchev–Trinajstić information content (AvgIpc) is 3.30. The van der Waals surface area contributed by atoms with Gasteiger partial charge in [-0.25, -0.2) is 4.98 Å². The Balaban J connectivity index is 1.30. The van der Waals surface area contributed by atoms with Crippen molar-refractivity contribution in [3.63, 3.8) is 0 Å².